The number of fused-ring (bicyclic) bond motifs is 3. The summed E-state index contributed by atoms with van der Waals surface area (Å²) in [6, 6.07) is 17.6. The lowest BCUT2D eigenvalue weighted by Gasteiger charge is -2.14. The summed E-state index contributed by atoms with van der Waals surface area (Å²) in [6.07, 6.45) is 15.4. The van der Waals surface area contributed by atoms with Crippen LogP contribution in [-0.4, -0.2) is 20.0 Å². The number of unbranched alkanes of at least 4 members (excludes halogenated alkanes) is 11. The van der Waals surface area contributed by atoms with Crippen molar-refractivity contribution in [2.24, 2.45) is 0 Å². The van der Waals surface area contributed by atoms with E-state index < -0.39 is 10.0 Å². The SMILES string of the molecule is CCCCCCCCCCCCCCOc1ccccc1NS(=O)(=O)c1ccc2c(ccc3nc(CC#N)oc32)c1. The van der Waals surface area contributed by atoms with E-state index in [-0.39, 0.29) is 11.3 Å². The zero-order valence-corrected chi connectivity index (χ0v) is 24.8. The average molecular weight is 576 g/mol. The molecule has 41 heavy (non-hydrogen) atoms. The van der Waals surface area contributed by atoms with Gasteiger partial charge in [-0.2, -0.15) is 5.26 Å². The summed E-state index contributed by atoms with van der Waals surface area (Å²) in [5, 5.41) is 10.4. The second-order valence-corrected chi connectivity index (χ2v) is 12.3. The summed E-state index contributed by atoms with van der Waals surface area (Å²) in [5.41, 5.74) is 1.59. The van der Waals surface area contributed by atoms with Gasteiger partial charge in [0.25, 0.3) is 10.0 Å². The summed E-state index contributed by atoms with van der Waals surface area (Å²) >= 11 is 0. The molecule has 0 saturated heterocycles. The van der Waals surface area contributed by atoms with Crippen molar-refractivity contribution in [3.05, 3.63) is 60.5 Å². The topological polar surface area (TPSA) is 105 Å². The molecular formula is C33H41N3O4S. The molecule has 1 aromatic heterocycles. The zero-order chi connectivity index (χ0) is 28.9. The first kappa shape index (κ1) is 30.4. The Morgan fingerprint density at radius 1 is 0.878 bits per heavy atom. The van der Waals surface area contributed by atoms with E-state index in [1.165, 1.54) is 64.2 Å². The van der Waals surface area contributed by atoms with E-state index in [2.05, 4.69) is 16.6 Å². The minimum atomic E-state index is -3.86. The maximum absolute atomic E-state index is 13.3. The molecule has 7 nitrogen and oxygen atoms in total. The van der Waals surface area contributed by atoms with E-state index in [1.54, 1.807) is 48.5 Å². The van der Waals surface area contributed by atoms with Gasteiger partial charge in [0.05, 0.1) is 23.3 Å². The van der Waals surface area contributed by atoms with E-state index in [9.17, 15) is 8.42 Å². The molecule has 8 heteroatoms. The van der Waals surface area contributed by atoms with Gasteiger partial charge in [-0.25, -0.2) is 13.4 Å². The van der Waals surface area contributed by atoms with Crippen molar-refractivity contribution in [3.63, 3.8) is 0 Å². The highest BCUT2D eigenvalue weighted by Gasteiger charge is 2.18. The Balaban J connectivity index is 1.27. The normalized spacial score (nSPS) is 11.6. The van der Waals surface area contributed by atoms with Gasteiger partial charge in [0, 0.05) is 5.39 Å². The van der Waals surface area contributed by atoms with Gasteiger partial charge in [-0.15, -0.1) is 0 Å². The van der Waals surface area contributed by atoms with Crippen molar-refractivity contribution in [2.45, 2.75) is 95.3 Å². The van der Waals surface area contributed by atoms with Gasteiger partial charge in [0.15, 0.2) is 5.58 Å². The van der Waals surface area contributed by atoms with Crippen LogP contribution in [0.5, 0.6) is 5.75 Å². The van der Waals surface area contributed by atoms with Crippen LogP contribution >= 0.6 is 0 Å². The van der Waals surface area contributed by atoms with Crippen LogP contribution in [0.1, 0.15) is 89.9 Å². The van der Waals surface area contributed by atoms with Crippen LogP contribution in [0.4, 0.5) is 5.69 Å². The number of hydrogen-bond donors (Lipinski definition) is 1. The average Bonchev–Trinajstić information content (AvgIpc) is 3.39. The molecule has 0 unspecified atom stereocenters. The molecule has 4 aromatic rings. The lowest BCUT2D eigenvalue weighted by Crippen LogP contribution is -2.14. The molecule has 1 N–H and O–H groups in total. The minimum absolute atomic E-state index is 0.0767. The molecule has 0 aliphatic heterocycles. The Labute approximate surface area is 244 Å². The summed E-state index contributed by atoms with van der Waals surface area (Å²) < 4.78 is 41.0. The Kier molecular flexibility index (Phi) is 11.4. The number of para-hydroxylation sites is 2. The van der Waals surface area contributed by atoms with Crippen LogP contribution in [0, 0.1) is 11.3 Å². The van der Waals surface area contributed by atoms with Crippen molar-refractivity contribution >= 4 is 37.6 Å². The molecule has 1 heterocycles. The number of ether oxygens (including phenoxy) is 1. The van der Waals surface area contributed by atoms with Gasteiger partial charge >= 0.3 is 0 Å². The van der Waals surface area contributed by atoms with Crippen molar-refractivity contribution < 1.29 is 17.6 Å². The van der Waals surface area contributed by atoms with Crippen LogP contribution in [-0.2, 0) is 16.4 Å². The first-order chi connectivity index (χ1) is 20.0. The van der Waals surface area contributed by atoms with Crippen molar-refractivity contribution in [1.29, 1.82) is 5.26 Å². The number of sulfonamides is 1. The monoisotopic (exact) mass is 575 g/mol. The van der Waals surface area contributed by atoms with Gasteiger partial charge in [-0.05, 0) is 48.2 Å². The third-order valence-corrected chi connectivity index (χ3v) is 8.68. The highest BCUT2D eigenvalue weighted by molar-refractivity contribution is 7.92. The highest BCUT2D eigenvalue weighted by Crippen LogP contribution is 2.31. The molecule has 4 rings (SSSR count). The molecule has 0 radical (unpaired) electrons. The fourth-order valence-electron chi connectivity index (χ4n) is 5.05. The Morgan fingerprint density at radius 2 is 1.56 bits per heavy atom. The first-order valence-electron chi connectivity index (χ1n) is 15.0. The molecule has 0 aliphatic carbocycles. The minimum Gasteiger partial charge on any atom is -0.491 e. The fraction of sp³-hybridized carbons (Fsp3) is 0.455. The summed E-state index contributed by atoms with van der Waals surface area (Å²) in [7, 11) is -3.86. The Hall–Kier alpha value is -3.57. The summed E-state index contributed by atoms with van der Waals surface area (Å²) in [4.78, 5) is 4.46. The number of benzene rings is 3. The zero-order valence-electron chi connectivity index (χ0n) is 24.0. The molecule has 218 valence electrons. The van der Waals surface area contributed by atoms with Crippen LogP contribution in [0.2, 0.25) is 0 Å². The van der Waals surface area contributed by atoms with Gasteiger partial charge in [-0.3, -0.25) is 4.72 Å². The quantitative estimate of drug-likeness (QED) is 0.119. The highest BCUT2D eigenvalue weighted by atomic mass is 32.2. The van der Waals surface area contributed by atoms with E-state index in [4.69, 9.17) is 14.4 Å². The molecule has 0 aliphatic rings. The number of nitrogens with one attached hydrogen (secondary N) is 1. The molecule has 0 spiro atoms. The predicted octanol–water partition coefficient (Wildman–Crippen LogP) is 8.93. The predicted molar refractivity (Wildman–Crippen MR) is 165 cm³/mol. The number of nitrogens with zero attached hydrogens (tertiary/aromatic N) is 2. The number of oxazole rings is 1. The fourth-order valence-corrected chi connectivity index (χ4v) is 6.16. The maximum atomic E-state index is 13.3. The molecule has 3 aromatic carbocycles. The molecule has 0 saturated carbocycles. The maximum Gasteiger partial charge on any atom is 0.262 e. The summed E-state index contributed by atoms with van der Waals surface area (Å²) in [6.45, 7) is 2.80. The molecule has 0 atom stereocenters. The second-order valence-electron chi connectivity index (χ2n) is 10.6. The molecular weight excluding hydrogens is 534 g/mol. The smallest absolute Gasteiger partial charge is 0.262 e. The number of nitriles is 1. The Morgan fingerprint density at radius 3 is 2.27 bits per heavy atom. The lowest BCUT2D eigenvalue weighted by molar-refractivity contribution is 0.306. The van der Waals surface area contributed by atoms with E-state index >= 15 is 0 Å². The van der Waals surface area contributed by atoms with E-state index in [0.717, 1.165) is 18.2 Å². The van der Waals surface area contributed by atoms with Crippen molar-refractivity contribution in [2.75, 3.05) is 11.3 Å². The third-order valence-electron chi connectivity index (χ3n) is 7.31. The number of hydrogen-bond acceptors (Lipinski definition) is 6. The van der Waals surface area contributed by atoms with Gasteiger partial charge in [0.2, 0.25) is 5.89 Å². The van der Waals surface area contributed by atoms with E-state index in [1.807, 2.05) is 12.1 Å². The largest absolute Gasteiger partial charge is 0.491 e. The number of anilines is 1. The third kappa shape index (κ3) is 8.71. The van der Waals surface area contributed by atoms with Crippen LogP contribution in [0.3, 0.4) is 0 Å². The van der Waals surface area contributed by atoms with Gasteiger partial charge in [-0.1, -0.05) is 95.8 Å². The van der Waals surface area contributed by atoms with Crippen molar-refractivity contribution in [1.82, 2.24) is 4.98 Å². The first-order valence-corrected chi connectivity index (χ1v) is 16.4. The molecule has 0 fully saturated rings. The van der Waals surface area contributed by atoms with E-state index in [0.29, 0.717) is 40.4 Å². The van der Waals surface area contributed by atoms with Crippen LogP contribution in [0.15, 0.2) is 63.9 Å². The van der Waals surface area contributed by atoms with Gasteiger partial charge < -0.3 is 9.15 Å². The number of aromatic nitrogens is 1. The van der Waals surface area contributed by atoms with Gasteiger partial charge in [0.1, 0.15) is 17.7 Å². The second kappa shape index (κ2) is 15.4. The van der Waals surface area contributed by atoms with Crippen LogP contribution in [0.25, 0.3) is 21.9 Å². The number of rotatable bonds is 18. The molecule has 0 amide bonds. The summed E-state index contributed by atoms with van der Waals surface area (Å²) in [5.74, 6) is 0.863. The van der Waals surface area contributed by atoms with Crippen molar-refractivity contribution in [3.8, 4) is 11.8 Å². The lowest BCUT2D eigenvalue weighted by atomic mass is 10.1. The standard InChI is InChI=1S/C33H41N3O4S/c1-2-3-4-5-6-7-8-9-10-11-12-15-24-39-31-17-14-13-16-29(31)36-41(37,38)27-19-20-28-26(25-27)18-21-30-33(28)40-32(35-30)22-23-34/h13-14,16-21,25,36H,2-12,15,22,24H2,1H3. The molecule has 0 bridgehead atoms. The van der Waals surface area contributed by atoms with Crippen LogP contribution < -0.4 is 9.46 Å². The Bertz CT molecular complexity index is 1560.